The van der Waals surface area contributed by atoms with Crippen LogP contribution in [0.15, 0.2) is 76.7 Å². The summed E-state index contributed by atoms with van der Waals surface area (Å²) < 4.78 is 0. The van der Waals surface area contributed by atoms with Crippen LogP contribution < -0.4 is 5.73 Å². The fourth-order valence-electron chi connectivity index (χ4n) is 2.91. The van der Waals surface area contributed by atoms with Crippen molar-refractivity contribution in [2.75, 3.05) is 5.73 Å². The monoisotopic (exact) mass is 316 g/mol. The van der Waals surface area contributed by atoms with Gasteiger partial charge in [0.15, 0.2) is 0 Å². The highest BCUT2D eigenvalue weighted by Crippen LogP contribution is 2.34. The minimum absolute atomic E-state index is 0.788. The lowest BCUT2D eigenvalue weighted by molar-refractivity contribution is 1.17. The van der Waals surface area contributed by atoms with E-state index < -0.39 is 0 Å². The van der Waals surface area contributed by atoms with Gasteiger partial charge in [-0.3, -0.25) is 0 Å². The Balaban J connectivity index is 1.88. The van der Waals surface area contributed by atoms with E-state index in [1.807, 2.05) is 24.3 Å². The van der Waals surface area contributed by atoms with Gasteiger partial charge in [0.1, 0.15) is 5.03 Å². The Hall–Kier alpha value is -2.52. The summed E-state index contributed by atoms with van der Waals surface area (Å²) in [5.41, 5.74) is 9.10. The summed E-state index contributed by atoms with van der Waals surface area (Å²) in [6.07, 6.45) is 0. The van der Waals surface area contributed by atoms with Crippen LogP contribution in [-0.4, -0.2) is 4.98 Å². The first-order valence-electron chi connectivity index (χ1n) is 7.54. The summed E-state index contributed by atoms with van der Waals surface area (Å²) in [7, 11) is 0. The highest BCUT2D eigenvalue weighted by Gasteiger charge is 2.09. The van der Waals surface area contributed by atoms with Crippen LogP contribution in [0.5, 0.6) is 0 Å². The topological polar surface area (TPSA) is 38.9 Å². The van der Waals surface area contributed by atoms with Gasteiger partial charge in [-0.15, -0.1) is 0 Å². The molecule has 2 nitrogen and oxygen atoms in total. The number of aromatic nitrogens is 1. The van der Waals surface area contributed by atoms with Crippen LogP contribution in [0.4, 0.5) is 5.69 Å². The molecule has 0 aliphatic carbocycles. The highest BCUT2D eigenvalue weighted by molar-refractivity contribution is 7.99. The molecule has 0 bridgehead atoms. The highest BCUT2D eigenvalue weighted by atomic mass is 32.2. The van der Waals surface area contributed by atoms with Crippen molar-refractivity contribution in [1.82, 2.24) is 4.98 Å². The number of fused-ring (bicyclic) bond motifs is 3. The predicted octanol–water partition coefficient (Wildman–Crippen LogP) is 5.43. The number of hydrogen-bond acceptors (Lipinski definition) is 3. The van der Waals surface area contributed by atoms with Gasteiger partial charge in [0.25, 0.3) is 0 Å². The standard InChI is InChI=1S/C20H16N2S/c1-13-12-19(23-18-9-5-4-8-16(18)21)22-17-11-10-14-6-2-3-7-15(14)20(13)17/h2-12H,21H2,1H3. The molecule has 1 aromatic heterocycles. The molecule has 0 saturated heterocycles. The van der Waals surface area contributed by atoms with Crippen molar-refractivity contribution < 1.29 is 0 Å². The third-order valence-corrected chi connectivity index (χ3v) is 5.02. The molecule has 23 heavy (non-hydrogen) atoms. The second-order valence-electron chi connectivity index (χ2n) is 5.60. The quantitative estimate of drug-likeness (QED) is 0.396. The summed E-state index contributed by atoms with van der Waals surface area (Å²) in [5, 5.41) is 4.71. The molecule has 0 saturated carbocycles. The molecule has 0 fully saturated rings. The van der Waals surface area contributed by atoms with E-state index in [-0.39, 0.29) is 0 Å². The number of anilines is 1. The lowest BCUT2D eigenvalue weighted by Crippen LogP contribution is -1.91. The molecule has 0 radical (unpaired) electrons. The Morgan fingerprint density at radius 2 is 1.70 bits per heavy atom. The molecular weight excluding hydrogens is 300 g/mol. The third-order valence-electron chi connectivity index (χ3n) is 4.01. The van der Waals surface area contributed by atoms with Gasteiger partial charge < -0.3 is 5.73 Å². The SMILES string of the molecule is Cc1cc(Sc2ccccc2N)nc2ccc3ccccc3c12. The van der Waals surface area contributed by atoms with Crippen LogP contribution in [0.2, 0.25) is 0 Å². The van der Waals surface area contributed by atoms with E-state index in [9.17, 15) is 0 Å². The van der Waals surface area contributed by atoms with E-state index in [2.05, 4.69) is 49.4 Å². The minimum atomic E-state index is 0.788. The first-order valence-corrected chi connectivity index (χ1v) is 8.35. The fraction of sp³-hybridized carbons (Fsp3) is 0.0500. The predicted molar refractivity (Wildman–Crippen MR) is 99.0 cm³/mol. The fourth-order valence-corrected chi connectivity index (χ4v) is 3.85. The van der Waals surface area contributed by atoms with Gasteiger partial charge in [0.05, 0.1) is 5.52 Å². The van der Waals surface area contributed by atoms with Crippen molar-refractivity contribution in [3.8, 4) is 0 Å². The minimum Gasteiger partial charge on any atom is -0.398 e. The average Bonchev–Trinajstić information content (AvgIpc) is 2.56. The average molecular weight is 316 g/mol. The molecule has 0 aliphatic heterocycles. The lowest BCUT2D eigenvalue weighted by Gasteiger charge is -2.10. The maximum atomic E-state index is 6.04. The van der Waals surface area contributed by atoms with Crippen molar-refractivity contribution in [1.29, 1.82) is 0 Å². The number of aryl methyl sites for hydroxylation is 1. The van der Waals surface area contributed by atoms with Gasteiger partial charge in [0.2, 0.25) is 0 Å². The molecular formula is C20H16N2S. The van der Waals surface area contributed by atoms with Gasteiger partial charge >= 0.3 is 0 Å². The van der Waals surface area contributed by atoms with E-state index in [0.29, 0.717) is 0 Å². The van der Waals surface area contributed by atoms with Crippen LogP contribution >= 0.6 is 11.8 Å². The van der Waals surface area contributed by atoms with Crippen molar-refractivity contribution in [3.63, 3.8) is 0 Å². The number of benzene rings is 3. The van der Waals surface area contributed by atoms with Crippen LogP contribution in [0.3, 0.4) is 0 Å². The van der Waals surface area contributed by atoms with Crippen molar-refractivity contribution in [3.05, 3.63) is 72.3 Å². The van der Waals surface area contributed by atoms with Gasteiger partial charge in [-0.1, -0.05) is 54.2 Å². The smallest absolute Gasteiger partial charge is 0.102 e. The van der Waals surface area contributed by atoms with Crippen LogP contribution in [-0.2, 0) is 0 Å². The molecule has 3 heteroatoms. The number of nitrogens with two attached hydrogens (primary N) is 1. The number of rotatable bonds is 2. The van der Waals surface area contributed by atoms with Crippen LogP contribution in [0.25, 0.3) is 21.7 Å². The van der Waals surface area contributed by atoms with Gasteiger partial charge in [-0.05, 0) is 47.5 Å². The van der Waals surface area contributed by atoms with Gasteiger partial charge in [-0.2, -0.15) is 0 Å². The molecule has 0 amide bonds. The Labute approximate surface area is 139 Å². The zero-order valence-corrected chi connectivity index (χ0v) is 13.6. The molecule has 1 heterocycles. The third kappa shape index (κ3) is 2.53. The molecule has 0 atom stereocenters. The molecule has 0 unspecified atom stereocenters. The Bertz CT molecular complexity index is 1020. The second-order valence-corrected chi connectivity index (χ2v) is 6.66. The van der Waals surface area contributed by atoms with Crippen LogP contribution in [0.1, 0.15) is 5.56 Å². The Kier molecular flexibility index (Phi) is 3.43. The Morgan fingerprint density at radius 1 is 0.913 bits per heavy atom. The normalized spacial score (nSPS) is 11.2. The van der Waals surface area contributed by atoms with E-state index in [4.69, 9.17) is 10.7 Å². The number of nitrogen functional groups attached to an aromatic ring is 1. The maximum absolute atomic E-state index is 6.04. The van der Waals surface area contributed by atoms with Crippen molar-refractivity contribution in [2.24, 2.45) is 0 Å². The zero-order chi connectivity index (χ0) is 15.8. The summed E-state index contributed by atoms with van der Waals surface area (Å²) in [4.78, 5) is 5.87. The molecule has 4 rings (SSSR count). The van der Waals surface area contributed by atoms with Gasteiger partial charge in [-0.25, -0.2) is 4.98 Å². The van der Waals surface area contributed by atoms with Crippen molar-refractivity contribution >= 4 is 39.1 Å². The molecule has 112 valence electrons. The second kappa shape index (κ2) is 5.60. The molecule has 2 N–H and O–H groups in total. The molecule has 0 aliphatic rings. The summed E-state index contributed by atoms with van der Waals surface area (Å²) >= 11 is 1.61. The zero-order valence-electron chi connectivity index (χ0n) is 12.8. The number of nitrogens with zero attached hydrogens (tertiary/aromatic N) is 1. The first kappa shape index (κ1) is 14.1. The first-order chi connectivity index (χ1) is 11.2. The van der Waals surface area contributed by atoms with Crippen molar-refractivity contribution in [2.45, 2.75) is 16.8 Å². The number of pyridine rings is 1. The largest absolute Gasteiger partial charge is 0.398 e. The van der Waals surface area contributed by atoms with Gasteiger partial charge in [0, 0.05) is 16.0 Å². The molecule has 3 aromatic carbocycles. The molecule has 4 aromatic rings. The van der Waals surface area contributed by atoms with Crippen LogP contribution in [0, 0.1) is 6.92 Å². The summed E-state index contributed by atoms with van der Waals surface area (Å²) in [6, 6.07) is 22.7. The number of para-hydroxylation sites is 1. The summed E-state index contributed by atoms with van der Waals surface area (Å²) in [6.45, 7) is 2.15. The van der Waals surface area contributed by atoms with E-state index in [0.717, 1.165) is 21.1 Å². The molecule has 0 spiro atoms. The van der Waals surface area contributed by atoms with E-state index in [1.165, 1.54) is 21.7 Å². The Morgan fingerprint density at radius 3 is 2.57 bits per heavy atom. The maximum Gasteiger partial charge on any atom is 0.102 e. The van der Waals surface area contributed by atoms with E-state index in [1.54, 1.807) is 11.8 Å². The van der Waals surface area contributed by atoms with E-state index >= 15 is 0 Å². The number of hydrogen-bond donors (Lipinski definition) is 1. The lowest BCUT2D eigenvalue weighted by atomic mass is 10.0. The summed E-state index contributed by atoms with van der Waals surface area (Å²) in [5.74, 6) is 0.